The molecule has 5 nitrogen and oxygen atoms in total. The maximum atomic E-state index is 13.1. The summed E-state index contributed by atoms with van der Waals surface area (Å²) < 4.78 is 27.8. The first-order valence-corrected chi connectivity index (χ1v) is 6.56. The van der Waals surface area contributed by atoms with Gasteiger partial charge in [-0.25, -0.2) is 13.5 Å². The van der Waals surface area contributed by atoms with E-state index in [9.17, 15) is 13.6 Å². The molecule has 118 valence electrons. The fraction of sp³-hybridized carbons (Fsp3) is 0.286. The van der Waals surface area contributed by atoms with Crippen LogP contribution in [0.3, 0.4) is 0 Å². The van der Waals surface area contributed by atoms with Crippen LogP contribution in [-0.4, -0.2) is 34.2 Å². The number of hydrogen-bond acceptors (Lipinski definition) is 3. The molecule has 0 bridgehead atoms. The highest BCUT2D eigenvalue weighted by molar-refractivity contribution is 5.95. The lowest BCUT2D eigenvalue weighted by Crippen LogP contribution is -2.35. The number of aromatic nitrogens is 2. The summed E-state index contributed by atoms with van der Waals surface area (Å²) in [5.41, 5.74) is 1.33. The molecule has 2 heterocycles. The number of amides is 1. The van der Waals surface area contributed by atoms with E-state index >= 15 is 0 Å². The van der Waals surface area contributed by atoms with Crippen LogP contribution in [0, 0.1) is 0 Å². The molecule has 1 aliphatic heterocycles. The van der Waals surface area contributed by atoms with Crippen molar-refractivity contribution in [3.05, 3.63) is 42.7 Å². The number of alkyl halides is 2. The zero-order valence-corrected chi connectivity index (χ0v) is 12.3. The highest BCUT2D eigenvalue weighted by Gasteiger charge is 2.42. The molecule has 8 heteroatoms. The van der Waals surface area contributed by atoms with E-state index in [1.807, 2.05) is 6.07 Å². The number of benzene rings is 1. The Hall–Kier alpha value is -1.99. The van der Waals surface area contributed by atoms with E-state index in [4.69, 9.17) is 0 Å². The number of halogens is 3. The molecule has 2 aromatic rings. The largest absolute Gasteiger partial charge is 0.325 e. The first kappa shape index (κ1) is 16.4. The molecule has 3 rings (SSSR count). The van der Waals surface area contributed by atoms with Gasteiger partial charge in [-0.1, -0.05) is 6.07 Å². The summed E-state index contributed by atoms with van der Waals surface area (Å²) in [4.78, 5) is 12.0. The molecule has 1 aromatic carbocycles. The number of hydrogen-bond donors (Lipinski definition) is 2. The standard InChI is InChI=1S/C14H14F2N4O.ClH/c15-14(16)8-12(17-9-14)13(21)19-10-3-1-4-11(7-10)20-6-2-5-18-20;/h1-7,12,17H,8-9H2,(H,19,21);1H. The van der Waals surface area contributed by atoms with Crippen LogP contribution in [0.15, 0.2) is 42.7 Å². The highest BCUT2D eigenvalue weighted by atomic mass is 35.5. The minimum Gasteiger partial charge on any atom is -0.325 e. The van der Waals surface area contributed by atoms with Crippen LogP contribution in [-0.2, 0) is 4.79 Å². The molecule has 1 saturated heterocycles. The second-order valence-electron chi connectivity index (χ2n) is 4.98. The van der Waals surface area contributed by atoms with Crippen molar-refractivity contribution in [3.63, 3.8) is 0 Å². The molecular weight excluding hydrogens is 314 g/mol. The van der Waals surface area contributed by atoms with Crippen molar-refractivity contribution in [2.75, 3.05) is 11.9 Å². The van der Waals surface area contributed by atoms with Crippen LogP contribution in [0.4, 0.5) is 14.5 Å². The summed E-state index contributed by atoms with van der Waals surface area (Å²) in [5, 5.41) is 9.27. The van der Waals surface area contributed by atoms with Crippen molar-refractivity contribution in [2.24, 2.45) is 0 Å². The second kappa shape index (κ2) is 6.41. The smallest absolute Gasteiger partial charge is 0.262 e. The van der Waals surface area contributed by atoms with E-state index in [2.05, 4.69) is 15.7 Å². The topological polar surface area (TPSA) is 59.0 Å². The monoisotopic (exact) mass is 328 g/mol. The molecule has 0 aliphatic carbocycles. The number of nitrogens with one attached hydrogen (secondary N) is 2. The second-order valence-corrected chi connectivity index (χ2v) is 4.98. The lowest BCUT2D eigenvalue weighted by molar-refractivity contribution is -0.118. The Kier molecular flexibility index (Phi) is 4.77. The zero-order chi connectivity index (χ0) is 14.9. The maximum Gasteiger partial charge on any atom is 0.262 e. The molecule has 2 N–H and O–H groups in total. The van der Waals surface area contributed by atoms with Crippen LogP contribution >= 0.6 is 12.4 Å². The van der Waals surface area contributed by atoms with E-state index in [0.29, 0.717) is 5.69 Å². The van der Waals surface area contributed by atoms with Crippen LogP contribution in [0.25, 0.3) is 5.69 Å². The summed E-state index contributed by atoms with van der Waals surface area (Å²) in [6, 6.07) is 7.97. The third-order valence-electron chi connectivity index (χ3n) is 3.31. The molecule has 1 unspecified atom stereocenters. The van der Waals surface area contributed by atoms with Crippen molar-refractivity contribution < 1.29 is 13.6 Å². The Morgan fingerprint density at radius 2 is 2.23 bits per heavy atom. The number of carbonyl (C=O) groups excluding carboxylic acids is 1. The molecule has 0 spiro atoms. The van der Waals surface area contributed by atoms with Gasteiger partial charge in [0, 0.05) is 24.5 Å². The lowest BCUT2D eigenvalue weighted by Gasteiger charge is -2.12. The van der Waals surface area contributed by atoms with Crippen LogP contribution < -0.4 is 10.6 Å². The van der Waals surface area contributed by atoms with E-state index in [0.717, 1.165) is 5.69 Å². The SMILES string of the molecule is Cl.O=C(Nc1cccc(-n2cccn2)c1)C1CC(F)(F)CN1. The van der Waals surface area contributed by atoms with Gasteiger partial charge < -0.3 is 5.32 Å². The fourth-order valence-electron chi connectivity index (χ4n) is 2.28. The van der Waals surface area contributed by atoms with Crippen molar-refractivity contribution in [3.8, 4) is 5.69 Å². The predicted octanol–water partition coefficient (Wildman–Crippen LogP) is 2.23. The highest BCUT2D eigenvalue weighted by Crippen LogP contribution is 2.26. The third kappa shape index (κ3) is 3.61. The number of rotatable bonds is 3. The summed E-state index contributed by atoms with van der Waals surface area (Å²) in [7, 11) is 0. The van der Waals surface area contributed by atoms with E-state index < -0.39 is 30.8 Å². The molecule has 22 heavy (non-hydrogen) atoms. The molecule has 1 aromatic heterocycles. The number of anilines is 1. The Morgan fingerprint density at radius 3 is 2.86 bits per heavy atom. The van der Waals surface area contributed by atoms with Crippen molar-refractivity contribution in [1.29, 1.82) is 0 Å². The maximum absolute atomic E-state index is 13.1. The average molecular weight is 329 g/mol. The van der Waals surface area contributed by atoms with Gasteiger partial charge in [0.2, 0.25) is 5.91 Å². The Balaban J connectivity index is 0.00000176. The number of carbonyl (C=O) groups is 1. The third-order valence-corrected chi connectivity index (χ3v) is 3.31. The van der Waals surface area contributed by atoms with E-state index in [-0.39, 0.29) is 12.4 Å². The van der Waals surface area contributed by atoms with Gasteiger partial charge in [0.25, 0.3) is 5.92 Å². The minimum atomic E-state index is -2.82. The Bertz CT molecular complexity index is 648. The minimum absolute atomic E-state index is 0. The molecule has 1 amide bonds. The van der Waals surface area contributed by atoms with Crippen LogP contribution in [0.1, 0.15) is 6.42 Å². The van der Waals surface area contributed by atoms with Gasteiger partial charge in [0.05, 0.1) is 18.3 Å². The number of nitrogens with zero attached hydrogens (tertiary/aromatic N) is 2. The van der Waals surface area contributed by atoms with Gasteiger partial charge in [-0.2, -0.15) is 5.10 Å². The van der Waals surface area contributed by atoms with Gasteiger partial charge in [-0.15, -0.1) is 12.4 Å². The van der Waals surface area contributed by atoms with Crippen molar-refractivity contribution in [1.82, 2.24) is 15.1 Å². The van der Waals surface area contributed by atoms with Gasteiger partial charge in [-0.3, -0.25) is 10.1 Å². The van der Waals surface area contributed by atoms with Crippen LogP contribution in [0.5, 0.6) is 0 Å². The zero-order valence-electron chi connectivity index (χ0n) is 11.5. The summed E-state index contributed by atoms with van der Waals surface area (Å²) in [5.74, 6) is -3.27. The molecule has 0 saturated carbocycles. The molecular formula is C14H15ClF2N4O. The predicted molar refractivity (Wildman–Crippen MR) is 80.8 cm³/mol. The van der Waals surface area contributed by atoms with Gasteiger partial charge >= 0.3 is 0 Å². The Labute approximate surface area is 132 Å². The normalized spacial score (nSPS) is 19.5. The fourth-order valence-corrected chi connectivity index (χ4v) is 2.28. The van der Waals surface area contributed by atoms with Gasteiger partial charge in [0.1, 0.15) is 0 Å². The van der Waals surface area contributed by atoms with Crippen molar-refractivity contribution >= 4 is 24.0 Å². The first-order chi connectivity index (χ1) is 10.0. The lowest BCUT2D eigenvalue weighted by atomic mass is 10.1. The van der Waals surface area contributed by atoms with Crippen LogP contribution in [0.2, 0.25) is 0 Å². The summed E-state index contributed by atoms with van der Waals surface area (Å²) in [6.07, 6.45) is 2.95. The molecule has 1 aliphatic rings. The average Bonchev–Trinajstić information content (AvgIpc) is 3.08. The summed E-state index contributed by atoms with van der Waals surface area (Å²) in [6.45, 7) is -0.460. The van der Waals surface area contributed by atoms with Crippen molar-refractivity contribution in [2.45, 2.75) is 18.4 Å². The quantitative estimate of drug-likeness (QED) is 0.908. The summed E-state index contributed by atoms with van der Waals surface area (Å²) >= 11 is 0. The Morgan fingerprint density at radius 1 is 1.41 bits per heavy atom. The molecule has 1 atom stereocenters. The van der Waals surface area contributed by atoms with E-state index in [1.165, 1.54) is 0 Å². The molecule has 1 fully saturated rings. The first-order valence-electron chi connectivity index (χ1n) is 6.56. The van der Waals surface area contributed by atoms with E-state index in [1.54, 1.807) is 41.3 Å². The van der Waals surface area contributed by atoms with Gasteiger partial charge in [-0.05, 0) is 24.3 Å². The van der Waals surface area contributed by atoms with Gasteiger partial charge in [0.15, 0.2) is 0 Å². The molecule has 0 radical (unpaired) electrons.